The zero-order valence-electron chi connectivity index (χ0n) is 8.00. The van der Waals surface area contributed by atoms with E-state index in [4.69, 9.17) is 11.2 Å². The van der Waals surface area contributed by atoms with Gasteiger partial charge in [0, 0.05) is 6.04 Å². The Kier molecular flexibility index (Phi) is 3.13. The number of ether oxygens (including phenoxy) is 1. The minimum absolute atomic E-state index is 0.145. The van der Waals surface area contributed by atoms with Gasteiger partial charge in [0.25, 0.3) is 0 Å². The quantitative estimate of drug-likeness (QED) is 0.620. The Morgan fingerprint density at radius 1 is 1.58 bits per heavy atom. The third kappa shape index (κ3) is 2.00. The number of nitrogens with one attached hydrogen (secondary N) is 1. The first-order chi connectivity index (χ1) is 5.65. The van der Waals surface area contributed by atoms with E-state index in [0.29, 0.717) is 18.1 Å². The Hall–Kier alpha value is -0.520. The average Bonchev–Trinajstić information content (AvgIpc) is 2.36. The molecule has 1 rings (SSSR count). The summed E-state index contributed by atoms with van der Waals surface area (Å²) in [6.45, 7) is 7.08. The molecule has 1 heterocycles. The molecule has 2 heteroatoms. The van der Waals surface area contributed by atoms with Crippen LogP contribution >= 0.6 is 0 Å². The summed E-state index contributed by atoms with van der Waals surface area (Å²) in [6.07, 6.45) is 5.63. The second-order valence-corrected chi connectivity index (χ2v) is 3.56. The highest BCUT2D eigenvalue weighted by molar-refractivity contribution is 4.98. The molecule has 2 nitrogen and oxygen atoms in total. The highest BCUT2D eigenvalue weighted by atomic mass is 16.5. The number of rotatable bonds is 2. The predicted molar refractivity (Wildman–Crippen MR) is 49.8 cm³/mol. The molecule has 0 aromatic heterocycles. The van der Waals surface area contributed by atoms with Crippen molar-refractivity contribution in [3.05, 3.63) is 0 Å². The minimum Gasteiger partial charge on any atom is -0.377 e. The van der Waals surface area contributed by atoms with Gasteiger partial charge in [0.1, 0.15) is 0 Å². The number of hydrogen-bond donors (Lipinski definition) is 1. The third-order valence-electron chi connectivity index (χ3n) is 2.63. The van der Waals surface area contributed by atoms with Gasteiger partial charge >= 0.3 is 0 Å². The van der Waals surface area contributed by atoms with Gasteiger partial charge in [-0.25, -0.2) is 0 Å². The molecular formula is C10H17NO. The smallest absolute Gasteiger partial charge is 0.0661 e. The van der Waals surface area contributed by atoms with Gasteiger partial charge in [0.2, 0.25) is 0 Å². The van der Waals surface area contributed by atoms with Crippen molar-refractivity contribution >= 4 is 0 Å². The molecule has 0 amide bonds. The topological polar surface area (TPSA) is 21.3 Å². The molecule has 4 atom stereocenters. The summed E-state index contributed by atoms with van der Waals surface area (Å²) in [4.78, 5) is 0. The molecule has 4 unspecified atom stereocenters. The van der Waals surface area contributed by atoms with E-state index in [2.05, 4.69) is 25.1 Å². The summed E-state index contributed by atoms with van der Waals surface area (Å²) in [5, 5.41) is 3.35. The van der Waals surface area contributed by atoms with Gasteiger partial charge in [0.05, 0.1) is 18.8 Å². The molecule has 1 N–H and O–H groups in total. The highest BCUT2D eigenvalue weighted by Crippen LogP contribution is 2.20. The van der Waals surface area contributed by atoms with Crippen molar-refractivity contribution in [3.63, 3.8) is 0 Å². The van der Waals surface area contributed by atoms with Gasteiger partial charge in [0.15, 0.2) is 0 Å². The molecule has 0 radical (unpaired) electrons. The van der Waals surface area contributed by atoms with Crippen LogP contribution in [0.25, 0.3) is 0 Å². The SMILES string of the molecule is C#CC(C)NC1COC(C)C1C. The fraction of sp³-hybridized carbons (Fsp3) is 0.800. The summed E-state index contributed by atoms with van der Waals surface area (Å²) in [5.74, 6) is 3.22. The van der Waals surface area contributed by atoms with Crippen LogP contribution in [0.2, 0.25) is 0 Å². The molecule has 0 bridgehead atoms. The summed E-state index contributed by atoms with van der Waals surface area (Å²) in [5.41, 5.74) is 0. The van der Waals surface area contributed by atoms with Crippen LogP contribution in [0.1, 0.15) is 20.8 Å². The first kappa shape index (κ1) is 9.57. The molecule has 0 aliphatic carbocycles. The van der Waals surface area contributed by atoms with Crippen LogP contribution < -0.4 is 5.32 Å². The van der Waals surface area contributed by atoms with E-state index in [1.165, 1.54) is 0 Å². The molecule has 1 saturated heterocycles. The normalized spacial score (nSPS) is 37.7. The molecule has 12 heavy (non-hydrogen) atoms. The van der Waals surface area contributed by atoms with E-state index >= 15 is 0 Å². The van der Waals surface area contributed by atoms with Crippen molar-refractivity contribution in [2.75, 3.05) is 6.61 Å². The summed E-state index contributed by atoms with van der Waals surface area (Å²) >= 11 is 0. The van der Waals surface area contributed by atoms with E-state index in [1.807, 2.05) is 6.92 Å². The maximum atomic E-state index is 5.49. The summed E-state index contributed by atoms with van der Waals surface area (Å²) < 4.78 is 5.49. The second kappa shape index (κ2) is 3.93. The van der Waals surface area contributed by atoms with Crippen molar-refractivity contribution in [1.82, 2.24) is 5.32 Å². The Labute approximate surface area is 74.7 Å². The van der Waals surface area contributed by atoms with Crippen molar-refractivity contribution in [1.29, 1.82) is 0 Å². The van der Waals surface area contributed by atoms with Crippen LogP contribution in [0, 0.1) is 18.3 Å². The molecular weight excluding hydrogens is 150 g/mol. The Morgan fingerprint density at radius 3 is 2.67 bits per heavy atom. The first-order valence-corrected chi connectivity index (χ1v) is 4.49. The van der Waals surface area contributed by atoms with Gasteiger partial charge in [-0.15, -0.1) is 6.42 Å². The highest BCUT2D eigenvalue weighted by Gasteiger charge is 2.30. The van der Waals surface area contributed by atoms with Gasteiger partial charge in [-0.05, 0) is 19.8 Å². The maximum Gasteiger partial charge on any atom is 0.0661 e. The lowest BCUT2D eigenvalue weighted by atomic mass is 10.00. The summed E-state index contributed by atoms with van der Waals surface area (Å²) in [6, 6.07) is 0.567. The van der Waals surface area contributed by atoms with Gasteiger partial charge in [-0.3, -0.25) is 5.32 Å². The number of terminal acetylenes is 1. The molecule has 1 fully saturated rings. The van der Waals surface area contributed by atoms with E-state index in [1.54, 1.807) is 0 Å². The van der Waals surface area contributed by atoms with Crippen molar-refractivity contribution in [2.24, 2.45) is 5.92 Å². The molecule has 0 aromatic rings. The second-order valence-electron chi connectivity index (χ2n) is 3.56. The zero-order chi connectivity index (χ0) is 9.14. The molecule has 0 saturated carbocycles. The minimum atomic E-state index is 0.145. The van der Waals surface area contributed by atoms with Crippen LogP contribution in [0.15, 0.2) is 0 Å². The van der Waals surface area contributed by atoms with Crippen molar-refractivity contribution in [2.45, 2.75) is 39.0 Å². The van der Waals surface area contributed by atoms with Gasteiger partial charge in [-0.1, -0.05) is 12.8 Å². The van der Waals surface area contributed by atoms with Gasteiger partial charge < -0.3 is 4.74 Å². The van der Waals surface area contributed by atoms with Crippen LogP contribution in [-0.2, 0) is 4.74 Å². The third-order valence-corrected chi connectivity index (χ3v) is 2.63. The average molecular weight is 167 g/mol. The predicted octanol–water partition coefficient (Wildman–Crippen LogP) is 1.02. The van der Waals surface area contributed by atoms with E-state index in [9.17, 15) is 0 Å². The van der Waals surface area contributed by atoms with Crippen LogP contribution in [0.4, 0.5) is 0 Å². The van der Waals surface area contributed by atoms with Crippen LogP contribution in [0.3, 0.4) is 0 Å². The standard InChI is InChI=1S/C10H17NO/c1-5-7(2)11-10-6-12-9(4)8(10)3/h1,7-11H,6H2,2-4H3. The van der Waals surface area contributed by atoms with Crippen LogP contribution in [0.5, 0.6) is 0 Å². The van der Waals surface area contributed by atoms with Gasteiger partial charge in [-0.2, -0.15) is 0 Å². The molecule has 1 aliphatic heterocycles. The largest absolute Gasteiger partial charge is 0.377 e. The fourth-order valence-electron chi connectivity index (χ4n) is 1.46. The lowest BCUT2D eigenvalue weighted by molar-refractivity contribution is 0.108. The monoisotopic (exact) mass is 167 g/mol. The Morgan fingerprint density at radius 2 is 2.25 bits per heavy atom. The summed E-state index contributed by atoms with van der Waals surface area (Å²) in [7, 11) is 0. The molecule has 0 spiro atoms. The zero-order valence-corrected chi connectivity index (χ0v) is 8.00. The lowest BCUT2D eigenvalue weighted by Gasteiger charge is -2.19. The van der Waals surface area contributed by atoms with Crippen molar-refractivity contribution in [3.8, 4) is 12.3 Å². The van der Waals surface area contributed by atoms with Crippen molar-refractivity contribution < 1.29 is 4.74 Å². The molecule has 68 valence electrons. The Bertz CT molecular complexity index is 185. The van der Waals surface area contributed by atoms with Crippen LogP contribution in [-0.4, -0.2) is 24.8 Å². The Balaban J connectivity index is 2.40. The van der Waals surface area contributed by atoms with E-state index in [-0.39, 0.29) is 6.04 Å². The number of hydrogen-bond acceptors (Lipinski definition) is 2. The fourth-order valence-corrected chi connectivity index (χ4v) is 1.46. The lowest BCUT2D eigenvalue weighted by Crippen LogP contribution is -2.40. The van der Waals surface area contributed by atoms with E-state index in [0.717, 1.165) is 6.61 Å². The molecule has 0 aromatic carbocycles. The maximum absolute atomic E-state index is 5.49. The first-order valence-electron chi connectivity index (χ1n) is 4.49. The molecule has 1 aliphatic rings. The van der Waals surface area contributed by atoms with E-state index < -0.39 is 0 Å².